The lowest BCUT2D eigenvalue weighted by Crippen LogP contribution is -2.17. The fourth-order valence-corrected chi connectivity index (χ4v) is 2.64. The van der Waals surface area contributed by atoms with E-state index >= 15 is 0 Å². The maximum Gasteiger partial charge on any atom is 0.228 e. The summed E-state index contributed by atoms with van der Waals surface area (Å²) in [5.41, 5.74) is 3.18. The third-order valence-electron chi connectivity index (χ3n) is 4.27. The molecule has 0 aliphatic heterocycles. The smallest absolute Gasteiger partial charge is 0.228 e. The monoisotopic (exact) mass is 338 g/mol. The van der Waals surface area contributed by atoms with E-state index in [-0.39, 0.29) is 24.2 Å². The number of para-hydroxylation sites is 1. The molecule has 0 aromatic heterocycles. The first-order valence-electron chi connectivity index (χ1n) is 8.40. The summed E-state index contributed by atoms with van der Waals surface area (Å²) in [4.78, 5) is 24.3. The average Bonchev–Trinajstić information content (AvgIpc) is 3.43. The number of nitrogens with one attached hydrogen (secondary N) is 2. The van der Waals surface area contributed by atoms with Gasteiger partial charge in [-0.1, -0.05) is 24.3 Å². The van der Waals surface area contributed by atoms with Crippen LogP contribution in [0, 0.1) is 12.8 Å². The number of hydrogen-bond acceptors (Lipinski definition) is 3. The highest BCUT2D eigenvalue weighted by Crippen LogP contribution is 2.31. The summed E-state index contributed by atoms with van der Waals surface area (Å²) in [7, 11) is 1.59. The van der Waals surface area contributed by atoms with E-state index in [0.29, 0.717) is 17.1 Å². The number of anilines is 2. The Labute approximate surface area is 147 Å². The standard InChI is InChI=1S/C20H22N2O3/c1-13-7-10-16(21-20(24)14-8-9-14)12-17(13)22-19(23)11-15-5-3-4-6-18(15)25-2/h3-7,10,12,14H,8-9,11H2,1-2H3,(H,21,24)(H,22,23). The molecule has 0 radical (unpaired) electrons. The van der Waals surface area contributed by atoms with Gasteiger partial charge in [0.15, 0.2) is 0 Å². The minimum atomic E-state index is -0.127. The predicted octanol–water partition coefficient (Wildman–Crippen LogP) is 3.53. The molecule has 2 amide bonds. The van der Waals surface area contributed by atoms with Gasteiger partial charge in [-0.05, 0) is 43.5 Å². The van der Waals surface area contributed by atoms with Crippen molar-refractivity contribution in [3.05, 3.63) is 53.6 Å². The fraction of sp³-hybridized carbons (Fsp3) is 0.300. The molecule has 25 heavy (non-hydrogen) atoms. The van der Waals surface area contributed by atoms with Gasteiger partial charge in [-0.2, -0.15) is 0 Å². The van der Waals surface area contributed by atoms with Gasteiger partial charge in [0.2, 0.25) is 11.8 Å². The second-order valence-corrected chi connectivity index (χ2v) is 6.33. The molecule has 0 heterocycles. The van der Waals surface area contributed by atoms with Crippen molar-refractivity contribution >= 4 is 23.2 Å². The first-order chi connectivity index (χ1) is 12.1. The van der Waals surface area contributed by atoms with E-state index in [1.807, 2.05) is 43.3 Å². The minimum absolute atomic E-state index is 0.0511. The highest BCUT2D eigenvalue weighted by molar-refractivity contribution is 5.97. The average molecular weight is 338 g/mol. The second kappa shape index (κ2) is 7.38. The lowest BCUT2D eigenvalue weighted by Gasteiger charge is -2.12. The highest BCUT2D eigenvalue weighted by Gasteiger charge is 2.29. The molecular formula is C20H22N2O3. The Morgan fingerprint density at radius 2 is 1.88 bits per heavy atom. The van der Waals surface area contributed by atoms with Crippen LogP contribution < -0.4 is 15.4 Å². The molecule has 130 valence electrons. The number of amides is 2. The number of carbonyl (C=O) groups is 2. The Balaban J connectivity index is 1.68. The van der Waals surface area contributed by atoms with E-state index in [0.717, 1.165) is 24.0 Å². The van der Waals surface area contributed by atoms with Gasteiger partial charge in [-0.3, -0.25) is 9.59 Å². The Bertz CT molecular complexity index is 797. The lowest BCUT2D eigenvalue weighted by atomic mass is 10.1. The summed E-state index contributed by atoms with van der Waals surface area (Å²) in [5, 5.41) is 5.83. The van der Waals surface area contributed by atoms with E-state index in [1.165, 1.54) is 0 Å². The normalized spacial score (nSPS) is 13.2. The van der Waals surface area contributed by atoms with Crippen molar-refractivity contribution in [2.75, 3.05) is 17.7 Å². The number of methoxy groups -OCH3 is 1. The van der Waals surface area contributed by atoms with E-state index < -0.39 is 0 Å². The maximum absolute atomic E-state index is 12.4. The molecule has 1 fully saturated rings. The number of carbonyl (C=O) groups excluding carboxylic acids is 2. The molecule has 0 unspecified atom stereocenters. The van der Waals surface area contributed by atoms with Crippen molar-refractivity contribution in [1.82, 2.24) is 0 Å². The second-order valence-electron chi connectivity index (χ2n) is 6.33. The first kappa shape index (κ1) is 17.0. The van der Waals surface area contributed by atoms with Crippen molar-refractivity contribution in [2.24, 2.45) is 5.92 Å². The van der Waals surface area contributed by atoms with Crippen LogP contribution in [0.2, 0.25) is 0 Å². The third-order valence-corrected chi connectivity index (χ3v) is 4.27. The Morgan fingerprint density at radius 3 is 2.60 bits per heavy atom. The van der Waals surface area contributed by atoms with Crippen molar-refractivity contribution in [1.29, 1.82) is 0 Å². The van der Waals surface area contributed by atoms with Crippen molar-refractivity contribution in [3.63, 3.8) is 0 Å². The number of hydrogen-bond donors (Lipinski definition) is 2. The molecule has 3 rings (SSSR count). The summed E-state index contributed by atoms with van der Waals surface area (Å²) >= 11 is 0. The number of rotatable bonds is 6. The Hall–Kier alpha value is -2.82. The minimum Gasteiger partial charge on any atom is -0.496 e. The number of benzene rings is 2. The maximum atomic E-state index is 12.4. The van der Waals surface area contributed by atoms with Gasteiger partial charge in [-0.15, -0.1) is 0 Å². The molecule has 5 heteroatoms. The molecule has 5 nitrogen and oxygen atoms in total. The molecule has 1 aliphatic rings. The van der Waals surface area contributed by atoms with E-state index in [9.17, 15) is 9.59 Å². The van der Waals surface area contributed by atoms with E-state index in [4.69, 9.17) is 4.74 Å². The zero-order valence-electron chi connectivity index (χ0n) is 14.5. The molecule has 1 saturated carbocycles. The van der Waals surface area contributed by atoms with Gasteiger partial charge in [0.05, 0.1) is 13.5 Å². The summed E-state index contributed by atoms with van der Waals surface area (Å²) in [5.74, 6) is 0.762. The zero-order valence-corrected chi connectivity index (χ0v) is 14.5. The van der Waals surface area contributed by atoms with Crippen molar-refractivity contribution < 1.29 is 14.3 Å². The Kier molecular flexibility index (Phi) is 5.03. The molecule has 0 saturated heterocycles. The molecule has 0 bridgehead atoms. The summed E-state index contributed by atoms with van der Waals surface area (Å²) in [6, 6.07) is 13.0. The lowest BCUT2D eigenvalue weighted by molar-refractivity contribution is -0.117. The molecule has 0 atom stereocenters. The summed E-state index contributed by atoms with van der Waals surface area (Å²) < 4.78 is 5.28. The van der Waals surface area contributed by atoms with Crippen LogP contribution in [0.5, 0.6) is 5.75 Å². The summed E-state index contributed by atoms with van der Waals surface area (Å²) in [6.45, 7) is 1.92. The van der Waals surface area contributed by atoms with Gasteiger partial charge < -0.3 is 15.4 Å². The van der Waals surface area contributed by atoms with Gasteiger partial charge in [0.1, 0.15) is 5.75 Å². The first-order valence-corrected chi connectivity index (χ1v) is 8.40. The van der Waals surface area contributed by atoms with Gasteiger partial charge >= 0.3 is 0 Å². The molecule has 2 aromatic carbocycles. The van der Waals surface area contributed by atoms with Crippen LogP contribution in [0.15, 0.2) is 42.5 Å². The van der Waals surface area contributed by atoms with Gasteiger partial charge in [-0.25, -0.2) is 0 Å². The van der Waals surface area contributed by atoms with Crippen LogP contribution in [0.1, 0.15) is 24.0 Å². The summed E-state index contributed by atoms with van der Waals surface area (Å²) in [6.07, 6.45) is 2.14. The van der Waals surface area contributed by atoms with Gasteiger partial charge in [0.25, 0.3) is 0 Å². The van der Waals surface area contributed by atoms with Crippen LogP contribution in [0.25, 0.3) is 0 Å². The van der Waals surface area contributed by atoms with Crippen LogP contribution in [-0.4, -0.2) is 18.9 Å². The topological polar surface area (TPSA) is 67.4 Å². The van der Waals surface area contributed by atoms with Crippen LogP contribution in [0.3, 0.4) is 0 Å². The number of ether oxygens (including phenoxy) is 1. The SMILES string of the molecule is COc1ccccc1CC(=O)Nc1cc(NC(=O)C2CC2)ccc1C. The van der Waals surface area contributed by atoms with E-state index in [2.05, 4.69) is 10.6 Å². The quantitative estimate of drug-likeness (QED) is 0.847. The predicted molar refractivity (Wildman–Crippen MR) is 97.9 cm³/mol. The Morgan fingerprint density at radius 1 is 1.12 bits per heavy atom. The zero-order chi connectivity index (χ0) is 17.8. The largest absolute Gasteiger partial charge is 0.496 e. The van der Waals surface area contributed by atoms with Crippen molar-refractivity contribution in [2.45, 2.75) is 26.2 Å². The van der Waals surface area contributed by atoms with Gasteiger partial charge in [0, 0.05) is 22.9 Å². The molecule has 2 aromatic rings. The molecular weight excluding hydrogens is 316 g/mol. The van der Waals surface area contributed by atoms with E-state index in [1.54, 1.807) is 13.2 Å². The third kappa shape index (κ3) is 4.38. The van der Waals surface area contributed by atoms with Crippen LogP contribution in [-0.2, 0) is 16.0 Å². The fourth-order valence-electron chi connectivity index (χ4n) is 2.64. The van der Waals surface area contributed by atoms with Crippen LogP contribution in [0.4, 0.5) is 11.4 Å². The van der Waals surface area contributed by atoms with Crippen molar-refractivity contribution in [3.8, 4) is 5.75 Å². The van der Waals surface area contributed by atoms with Crippen LogP contribution >= 0.6 is 0 Å². The highest BCUT2D eigenvalue weighted by atomic mass is 16.5. The molecule has 1 aliphatic carbocycles. The number of aryl methyl sites for hydroxylation is 1. The molecule has 0 spiro atoms. The molecule has 2 N–H and O–H groups in total.